The van der Waals surface area contributed by atoms with Gasteiger partial charge in [-0.1, -0.05) is 6.42 Å². The van der Waals surface area contributed by atoms with Crippen molar-refractivity contribution in [3.8, 4) is 0 Å². The molecule has 3 saturated heterocycles. The van der Waals surface area contributed by atoms with Gasteiger partial charge in [0.05, 0.1) is 85.9 Å². The lowest BCUT2D eigenvalue weighted by Gasteiger charge is -2.42. The van der Waals surface area contributed by atoms with Crippen LogP contribution < -0.4 is 63.8 Å². The van der Waals surface area contributed by atoms with Crippen LogP contribution in [0, 0.1) is 5.92 Å². The molecule has 3 heterocycles. The van der Waals surface area contributed by atoms with Gasteiger partial charge in [0, 0.05) is 157 Å². The van der Waals surface area contributed by atoms with E-state index in [-0.39, 0.29) is 225 Å². The third-order valence-corrected chi connectivity index (χ3v) is 20.6. The standard InChI is InChI=1S/C83H150N12O35/c1-54(100)91-72-78(115)75(112)60(47-97)128-81(72)125-32-14-8-21-63(103)88-29-35-119-38-41-122-51-69(109)85-26-12-6-19-58(44-67(107)84-25-11-5-18-57(46-96)50-118-4)95-68(108)45-59(20-7-13-27-86-70(110)52-123-42-39-120-36-30-89-64(104)22-9-15-33-126-82-73(92-55(2)101)79(116)76(113)61(48-98)129-82)94-66(106)24-17-28-87-71(111)53-124-43-40-121-37-31-90-65(105)23-10-16-34-127-83-74(93-56(3)102)80(117)77(114)62(49-99)130-83/h57-62,72-83,96-99,112-117H,5-53H2,1-4H3,(H,84,107)(H,85,109)(H,86,110)(H,87,111)(H,88,103)(H,89,104)(H,90,105)(H,91,100)(H,92,101)(H,93,102)(H,94,106)(H,95,108)/t57?,58-,59-,60?,61?,62?,72?,73?,74?,75+,76+,77+,78+,79+,80+,81+,82+,83+/m0/s1. The number of rotatable bonds is 76. The Hall–Kier alpha value is -7.28. The third kappa shape index (κ3) is 53.6. The van der Waals surface area contributed by atoms with Crippen LogP contribution in [0.4, 0.5) is 0 Å². The Kier molecular flexibility index (Phi) is 64.9. The minimum absolute atomic E-state index is 0.0332. The van der Waals surface area contributed by atoms with Gasteiger partial charge >= 0.3 is 0 Å². The molecular weight excluding hydrogens is 1720 g/mol. The summed E-state index contributed by atoms with van der Waals surface area (Å²) in [6, 6.07) is -4.60. The molecule has 22 N–H and O–H groups in total. The number of ether oxygens (including phenoxy) is 13. The fourth-order valence-corrected chi connectivity index (χ4v) is 13.7. The van der Waals surface area contributed by atoms with E-state index in [0.717, 1.165) is 0 Å². The second-order valence-electron chi connectivity index (χ2n) is 31.8. The number of amides is 12. The first kappa shape index (κ1) is 117. The Bertz CT molecular complexity index is 3170. The highest BCUT2D eigenvalue weighted by Crippen LogP contribution is 2.26. The molecular formula is C83H150N12O35. The fourth-order valence-electron chi connectivity index (χ4n) is 13.7. The number of carbonyl (C=O) groups excluding carboxylic acids is 12. The van der Waals surface area contributed by atoms with E-state index in [2.05, 4.69) is 63.8 Å². The Labute approximate surface area is 759 Å². The lowest BCUT2D eigenvalue weighted by atomic mass is 9.97. The molecule has 0 radical (unpaired) electrons. The minimum atomic E-state index is -1.45. The summed E-state index contributed by atoms with van der Waals surface area (Å²) in [5, 5.41) is 133. The van der Waals surface area contributed by atoms with Crippen molar-refractivity contribution in [2.75, 3.05) is 185 Å². The molecule has 7 unspecified atom stereocenters. The maximum Gasteiger partial charge on any atom is 0.245 e. The van der Waals surface area contributed by atoms with Gasteiger partial charge in [0.25, 0.3) is 0 Å². The molecule has 0 bridgehead atoms. The second kappa shape index (κ2) is 72.2. The molecule has 12 amide bonds. The monoisotopic (exact) mass is 1880 g/mol. The molecule has 0 saturated carbocycles. The number of hydrogen-bond donors (Lipinski definition) is 22. The van der Waals surface area contributed by atoms with Crippen molar-refractivity contribution in [1.29, 1.82) is 0 Å². The highest BCUT2D eigenvalue weighted by Gasteiger charge is 2.48. The van der Waals surface area contributed by atoms with Gasteiger partial charge in [-0.2, -0.15) is 0 Å². The number of aliphatic hydroxyl groups excluding tert-OH is 10. The smallest absolute Gasteiger partial charge is 0.245 e. The average molecular weight is 1880 g/mol. The Morgan fingerprint density at radius 1 is 0.308 bits per heavy atom. The van der Waals surface area contributed by atoms with E-state index in [1.807, 2.05) is 0 Å². The quantitative estimate of drug-likeness (QED) is 0.0252. The molecule has 3 rings (SSSR count). The lowest BCUT2D eigenvalue weighted by Crippen LogP contribution is -2.64. The lowest BCUT2D eigenvalue weighted by molar-refractivity contribution is -0.270. The predicted molar refractivity (Wildman–Crippen MR) is 458 cm³/mol. The van der Waals surface area contributed by atoms with E-state index in [1.165, 1.54) is 20.8 Å². The normalized spacial score (nSPS) is 22.6. The van der Waals surface area contributed by atoms with Gasteiger partial charge in [-0.3, -0.25) is 57.5 Å². The topological polar surface area (TPSA) is 671 Å². The molecule has 3 aliphatic rings. The molecule has 3 fully saturated rings. The zero-order valence-electron chi connectivity index (χ0n) is 75.7. The van der Waals surface area contributed by atoms with Crippen LogP contribution in [-0.2, 0) is 119 Å². The summed E-state index contributed by atoms with van der Waals surface area (Å²) in [6.45, 7) is 4.40. The van der Waals surface area contributed by atoms with Gasteiger partial charge < -0.3 is 176 Å². The molecule has 752 valence electrons. The summed E-state index contributed by atoms with van der Waals surface area (Å²) in [5.74, 6) is -4.64. The van der Waals surface area contributed by atoms with Gasteiger partial charge in [-0.25, -0.2) is 0 Å². The van der Waals surface area contributed by atoms with E-state index in [9.17, 15) is 109 Å². The summed E-state index contributed by atoms with van der Waals surface area (Å²) in [5.41, 5.74) is 0. The highest BCUT2D eigenvalue weighted by molar-refractivity contribution is 5.82. The van der Waals surface area contributed by atoms with Gasteiger partial charge in [-0.05, 0) is 96.3 Å². The van der Waals surface area contributed by atoms with Gasteiger partial charge in [-0.15, -0.1) is 0 Å². The van der Waals surface area contributed by atoms with E-state index >= 15 is 0 Å². The van der Waals surface area contributed by atoms with E-state index < -0.39 is 165 Å². The average Bonchev–Trinajstić information content (AvgIpc) is 0.817. The maximum absolute atomic E-state index is 14.1. The van der Waals surface area contributed by atoms with Gasteiger partial charge in [0.15, 0.2) is 18.9 Å². The molecule has 47 heteroatoms. The fraction of sp³-hybridized carbons (Fsp3) is 0.855. The summed E-state index contributed by atoms with van der Waals surface area (Å²) >= 11 is 0. The Morgan fingerprint density at radius 3 is 0.938 bits per heavy atom. The van der Waals surface area contributed by atoms with Crippen LogP contribution in [0.3, 0.4) is 0 Å². The van der Waals surface area contributed by atoms with E-state index in [0.29, 0.717) is 109 Å². The summed E-state index contributed by atoms with van der Waals surface area (Å²) in [7, 11) is 1.55. The van der Waals surface area contributed by atoms with Gasteiger partial charge in [0.2, 0.25) is 70.9 Å². The number of aliphatic hydroxyl groups is 10. The zero-order chi connectivity index (χ0) is 95.6. The largest absolute Gasteiger partial charge is 0.396 e. The van der Waals surface area contributed by atoms with Crippen LogP contribution in [0.1, 0.15) is 162 Å². The Morgan fingerprint density at radius 2 is 0.608 bits per heavy atom. The van der Waals surface area contributed by atoms with Crippen molar-refractivity contribution in [3.05, 3.63) is 0 Å². The molecule has 0 aromatic carbocycles. The molecule has 0 spiro atoms. The first-order valence-electron chi connectivity index (χ1n) is 45.1. The Balaban J connectivity index is 1.45. The number of unbranched alkanes of at least 4 members (excludes halogenated alkanes) is 6. The van der Waals surface area contributed by atoms with Crippen LogP contribution in [0.15, 0.2) is 0 Å². The summed E-state index contributed by atoms with van der Waals surface area (Å²) < 4.78 is 71.8. The molecule has 18 atom stereocenters. The number of carbonyl (C=O) groups is 12. The molecule has 47 nitrogen and oxygen atoms in total. The molecule has 0 aromatic rings. The predicted octanol–water partition coefficient (Wildman–Crippen LogP) is -7.41. The summed E-state index contributed by atoms with van der Waals surface area (Å²) in [4.78, 5) is 151. The van der Waals surface area contributed by atoms with Crippen molar-refractivity contribution in [2.45, 2.75) is 266 Å². The number of nitrogens with one attached hydrogen (secondary N) is 12. The van der Waals surface area contributed by atoms with Crippen molar-refractivity contribution < 1.29 is 170 Å². The van der Waals surface area contributed by atoms with Crippen molar-refractivity contribution in [1.82, 2.24) is 63.8 Å². The van der Waals surface area contributed by atoms with E-state index in [1.54, 1.807) is 7.11 Å². The molecule has 130 heavy (non-hydrogen) atoms. The second-order valence-corrected chi connectivity index (χ2v) is 31.8. The zero-order valence-corrected chi connectivity index (χ0v) is 75.7. The highest BCUT2D eigenvalue weighted by atomic mass is 16.7. The number of hydrogen-bond acceptors (Lipinski definition) is 35. The van der Waals surface area contributed by atoms with Crippen LogP contribution in [-0.4, -0.2) is 411 Å². The van der Waals surface area contributed by atoms with Crippen molar-refractivity contribution in [2.24, 2.45) is 5.92 Å². The van der Waals surface area contributed by atoms with Crippen LogP contribution in [0.25, 0.3) is 0 Å². The van der Waals surface area contributed by atoms with Crippen molar-refractivity contribution >= 4 is 70.9 Å². The minimum Gasteiger partial charge on any atom is -0.396 e. The third-order valence-electron chi connectivity index (χ3n) is 20.6. The first-order valence-corrected chi connectivity index (χ1v) is 45.1. The first-order chi connectivity index (χ1) is 62.5. The van der Waals surface area contributed by atoms with Crippen molar-refractivity contribution in [3.63, 3.8) is 0 Å². The molecule has 0 aliphatic carbocycles. The van der Waals surface area contributed by atoms with E-state index in [4.69, 9.17) is 61.6 Å². The SMILES string of the molecule is COCC(CO)CCCCNC(=O)C[C@H](CCCCNC(=O)COCCOCCNC(=O)CCCCO[C@@H]1OC(CO)[C@@H](O)[C@H](O)C1NC(C)=O)NC(=O)C[C@H](CCCCNC(=O)COCCOCCNC(=O)CCCCO[C@@H]1OC(CO)[C@@H](O)[C@H](O)C1NC(C)=O)NC(=O)CCCNC(=O)COCCOCCNC(=O)CCCCO[C@@H]1OC(CO)[C@@H](O)[C@H](O)C1NC(C)=O. The van der Waals surface area contributed by atoms with Crippen LogP contribution in [0.2, 0.25) is 0 Å². The molecule has 3 aliphatic heterocycles. The van der Waals surface area contributed by atoms with Crippen LogP contribution >= 0.6 is 0 Å². The summed E-state index contributed by atoms with van der Waals surface area (Å²) in [6.07, 6.45) is -8.02. The molecule has 0 aromatic heterocycles. The number of methoxy groups -OCH3 is 1. The van der Waals surface area contributed by atoms with Gasteiger partial charge in [0.1, 0.15) is 92.9 Å². The van der Waals surface area contributed by atoms with Crippen LogP contribution in [0.5, 0.6) is 0 Å². The maximum atomic E-state index is 14.1.